The van der Waals surface area contributed by atoms with Crippen LogP contribution in [0, 0.1) is 17.0 Å². The van der Waals surface area contributed by atoms with Crippen LogP contribution in [0.4, 0.5) is 5.69 Å². The molecule has 0 N–H and O–H groups in total. The minimum atomic E-state index is -0.403. The zero-order chi connectivity index (χ0) is 7.56. The predicted molar refractivity (Wildman–Crippen MR) is 45.0 cm³/mol. The first-order chi connectivity index (χ1) is 4.70. The molecule has 0 aliphatic rings. The van der Waals surface area contributed by atoms with Crippen molar-refractivity contribution in [1.29, 1.82) is 0 Å². The van der Waals surface area contributed by atoms with Crippen LogP contribution in [-0.2, 0) is 0 Å². The molecule has 1 aromatic carbocycles. The summed E-state index contributed by atoms with van der Waals surface area (Å²) < 4.78 is 0. The summed E-state index contributed by atoms with van der Waals surface area (Å²) in [4.78, 5) is 9.71. The van der Waals surface area contributed by atoms with E-state index in [1.807, 2.05) is 6.92 Å². The van der Waals surface area contributed by atoms with Gasteiger partial charge in [0, 0.05) is 12.1 Å². The third-order valence-corrected chi connectivity index (χ3v) is 1.24. The molecule has 54 valence electrons. The van der Waals surface area contributed by atoms with Gasteiger partial charge in [-0.05, 0) is 6.92 Å². The molecule has 0 unspecified atom stereocenters. The SMILES string of the molecule is Cc1ccc([N+](=O)[O-])cc1.[KH]. The van der Waals surface area contributed by atoms with Crippen molar-refractivity contribution in [3.63, 3.8) is 0 Å². The summed E-state index contributed by atoms with van der Waals surface area (Å²) in [7, 11) is 0. The normalized spacial score (nSPS) is 8.45. The van der Waals surface area contributed by atoms with Crippen molar-refractivity contribution in [3.8, 4) is 0 Å². The Labute approximate surface area is 107 Å². The van der Waals surface area contributed by atoms with Gasteiger partial charge in [-0.25, -0.2) is 0 Å². The van der Waals surface area contributed by atoms with Crippen LogP contribution in [0.15, 0.2) is 24.3 Å². The molecule has 0 aliphatic carbocycles. The van der Waals surface area contributed by atoms with Gasteiger partial charge in [-0.3, -0.25) is 10.1 Å². The van der Waals surface area contributed by atoms with Gasteiger partial charge in [-0.15, -0.1) is 0 Å². The van der Waals surface area contributed by atoms with Gasteiger partial charge in [0.1, 0.15) is 0 Å². The Morgan fingerprint density at radius 2 is 1.73 bits per heavy atom. The summed E-state index contributed by atoms with van der Waals surface area (Å²) in [5.74, 6) is 0. The van der Waals surface area contributed by atoms with Crippen molar-refractivity contribution < 1.29 is 4.92 Å². The molecule has 11 heavy (non-hydrogen) atoms. The van der Waals surface area contributed by atoms with Crippen LogP contribution in [0.5, 0.6) is 0 Å². The van der Waals surface area contributed by atoms with Crippen molar-refractivity contribution in [1.82, 2.24) is 0 Å². The van der Waals surface area contributed by atoms with Gasteiger partial charge < -0.3 is 0 Å². The van der Waals surface area contributed by atoms with Crippen LogP contribution in [-0.4, -0.2) is 56.3 Å². The van der Waals surface area contributed by atoms with E-state index in [9.17, 15) is 10.1 Å². The molecule has 0 aliphatic heterocycles. The van der Waals surface area contributed by atoms with Crippen LogP contribution in [0.1, 0.15) is 5.56 Å². The van der Waals surface area contributed by atoms with Crippen molar-refractivity contribution >= 4 is 57.1 Å². The molecule has 0 bridgehead atoms. The number of nitro benzene ring substituents is 1. The number of hydrogen-bond donors (Lipinski definition) is 0. The monoisotopic (exact) mass is 177 g/mol. The summed E-state index contributed by atoms with van der Waals surface area (Å²) >= 11 is 0. The quantitative estimate of drug-likeness (QED) is 0.368. The second-order valence-corrected chi connectivity index (χ2v) is 2.09. The first kappa shape index (κ1) is 11.3. The molecule has 3 nitrogen and oxygen atoms in total. The number of nitrogens with zero attached hydrogens (tertiary/aromatic N) is 1. The van der Waals surface area contributed by atoms with Gasteiger partial charge >= 0.3 is 51.4 Å². The van der Waals surface area contributed by atoms with Gasteiger partial charge in [0.25, 0.3) is 5.69 Å². The number of non-ortho nitro benzene ring substituents is 1. The Bertz CT molecular complexity index is 245. The van der Waals surface area contributed by atoms with Crippen molar-refractivity contribution in [3.05, 3.63) is 39.9 Å². The fourth-order valence-electron chi connectivity index (χ4n) is 0.666. The van der Waals surface area contributed by atoms with E-state index in [0.717, 1.165) is 5.56 Å². The Morgan fingerprint density at radius 1 is 1.27 bits per heavy atom. The molecular formula is C7H8KNO2. The van der Waals surface area contributed by atoms with Crippen LogP contribution in [0.3, 0.4) is 0 Å². The van der Waals surface area contributed by atoms with E-state index in [4.69, 9.17) is 0 Å². The Hall–Kier alpha value is 0.256. The van der Waals surface area contributed by atoms with Gasteiger partial charge in [0.15, 0.2) is 0 Å². The van der Waals surface area contributed by atoms with Crippen molar-refractivity contribution in [2.45, 2.75) is 6.92 Å². The average molecular weight is 177 g/mol. The molecule has 1 aromatic rings. The number of rotatable bonds is 1. The zero-order valence-corrected chi connectivity index (χ0v) is 5.57. The summed E-state index contributed by atoms with van der Waals surface area (Å²) in [6.45, 7) is 1.89. The van der Waals surface area contributed by atoms with Crippen LogP contribution < -0.4 is 0 Å². The summed E-state index contributed by atoms with van der Waals surface area (Å²) in [5.41, 5.74) is 1.18. The molecule has 0 spiro atoms. The summed E-state index contributed by atoms with van der Waals surface area (Å²) in [6, 6.07) is 6.43. The van der Waals surface area contributed by atoms with E-state index < -0.39 is 4.92 Å². The van der Waals surface area contributed by atoms with Crippen molar-refractivity contribution in [2.75, 3.05) is 0 Å². The average Bonchev–Trinajstić information content (AvgIpc) is 1.88. The van der Waals surface area contributed by atoms with Gasteiger partial charge in [0.2, 0.25) is 0 Å². The van der Waals surface area contributed by atoms with Crippen LogP contribution in [0.2, 0.25) is 0 Å². The third kappa shape index (κ3) is 3.44. The Kier molecular flexibility index (Phi) is 5.12. The minimum absolute atomic E-state index is 0. The van der Waals surface area contributed by atoms with E-state index in [2.05, 4.69) is 0 Å². The van der Waals surface area contributed by atoms with E-state index >= 15 is 0 Å². The second kappa shape index (κ2) is 5.00. The molecule has 1 rings (SSSR count). The summed E-state index contributed by atoms with van der Waals surface area (Å²) in [5, 5.41) is 10.1. The Balaban J connectivity index is 0.000001000. The van der Waals surface area contributed by atoms with E-state index in [-0.39, 0.29) is 57.1 Å². The number of aryl methyl sites for hydroxylation is 1. The maximum atomic E-state index is 10.1. The third-order valence-electron chi connectivity index (χ3n) is 1.24. The number of hydrogen-bond acceptors (Lipinski definition) is 2. The maximum absolute atomic E-state index is 10.1. The fraction of sp³-hybridized carbons (Fsp3) is 0.143. The Morgan fingerprint density at radius 3 is 2.09 bits per heavy atom. The topological polar surface area (TPSA) is 43.1 Å². The van der Waals surface area contributed by atoms with Gasteiger partial charge in [-0.2, -0.15) is 0 Å². The number of nitro groups is 1. The fourth-order valence-corrected chi connectivity index (χ4v) is 0.666. The molecule has 0 heterocycles. The standard InChI is InChI=1S/C7H7NO2.K.H/c1-6-2-4-7(5-3-6)8(9)10;;/h2-5H,1H3;;. The zero-order valence-electron chi connectivity index (χ0n) is 5.57. The first-order valence-electron chi connectivity index (χ1n) is 2.91. The second-order valence-electron chi connectivity index (χ2n) is 2.09. The van der Waals surface area contributed by atoms with E-state index in [1.54, 1.807) is 12.1 Å². The summed E-state index contributed by atoms with van der Waals surface area (Å²) in [6.07, 6.45) is 0. The molecule has 0 fully saturated rings. The van der Waals surface area contributed by atoms with Crippen LogP contribution in [0.25, 0.3) is 0 Å². The molecule has 0 aromatic heterocycles. The molecule has 0 radical (unpaired) electrons. The molecule has 4 heteroatoms. The van der Waals surface area contributed by atoms with Gasteiger partial charge in [0.05, 0.1) is 4.92 Å². The van der Waals surface area contributed by atoms with E-state index in [0.29, 0.717) is 0 Å². The van der Waals surface area contributed by atoms with Crippen molar-refractivity contribution in [2.24, 2.45) is 0 Å². The van der Waals surface area contributed by atoms with E-state index in [1.165, 1.54) is 12.1 Å². The molecule has 0 amide bonds. The number of benzene rings is 1. The molecule has 0 saturated carbocycles. The molecule has 0 saturated heterocycles. The van der Waals surface area contributed by atoms with Crippen LogP contribution >= 0.6 is 0 Å². The molecular weight excluding hydrogens is 169 g/mol. The molecule has 0 atom stereocenters. The van der Waals surface area contributed by atoms with Gasteiger partial charge in [-0.1, -0.05) is 17.7 Å². The first-order valence-corrected chi connectivity index (χ1v) is 2.91. The predicted octanol–water partition coefficient (Wildman–Crippen LogP) is 1.25.